The van der Waals surface area contributed by atoms with E-state index in [1.165, 1.54) is 96.6 Å². The highest BCUT2D eigenvalue weighted by Crippen LogP contribution is 2.35. The van der Waals surface area contributed by atoms with Gasteiger partial charge in [0, 0.05) is 30.0 Å². The van der Waals surface area contributed by atoms with Crippen molar-refractivity contribution in [1.29, 1.82) is 0 Å². The van der Waals surface area contributed by atoms with Crippen LogP contribution in [0.15, 0.2) is 12.1 Å². The number of hydrogen-bond acceptors (Lipinski definition) is 5. The zero-order valence-electron chi connectivity index (χ0n) is 24.2. The van der Waals surface area contributed by atoms with E-state index in [9.17, 15) is 9.90 Å². The maximum absolute atomic E-state index is 13.5. The van der Waals surface area contributed by atoms with Crippen LogP contribution in [0.4, 0.5) is 0 Å². The number of carbonyl (C=O) groups excluding carboxylic acids is 1. The quantitative estimate of drug-likeness (QED) is 0.167. The Morgan fingerprint density at radius 3 is 1.86 bits per heavy atom. The first-order valence-corrected chi connectivity index (χ1v) is 15.3. The molecule has 37 heavy (non-hydrogen) atoms. The summed E-state index contributed by atoms with van der Waals surface area (Å²) in [4.78, 5) is 16.1. The molecule has 0 radical (unpaired) electrons. The summed E-state index contributed by atoms with van der Waals surface area (Å²) in [6, 6.07) is 3.14. The lowest BCUT2D eigenvalue weighted by Crippen LogP contribution is -2.31. The molecule has 1 aromatic rings. The molecule has 1 aliphatic rings. The molecule has 0 saturated carbocycles. The summed E-state index contributed by atoms with van der Waals surface area (Å²) >= 11 is 0. The molecule has 1 heterocycles. The zero-order valence-corrected chi connectivity index (χ0v) is 24.2. The van der Waals surface area contributed by atoms with E-state index in [-0.39, 0.29) is 17.5 Å². The fourth-order valence-electron chi connectivity index (χ4n) is 5.73. The van der Waals surface area contributed by atoms with Crippen molar-refractivity contribution in [2.45, 2.75) is 122 Å². The Hall–Kier alpha value is -1.75. The molecule has 0 spiro atoms. The van der Waals surface area contributed by atoms with Gasteiger partial charge in [0.1, 0.15) is 23.0 Å². The molecule has 0 aromatic heterocycles. The first-order valence-electron chi connectivity index (χ1n) is 15.3. The number of phenolic OH excluding ortho intramolecular Hbond substituents is 1. The standard InChI is InChI=1S/C32H55NO4/c1-4-5-6-7-8-9-10-11-12-13-15-19-27(20-18-23-33-21-16-14-17-22-33)30(35)26-29-31(36-2)24-28(34)25-32(29)37-3/h24-25,27,34H,4-23,26H2,1-3H3. The van der Waals surface area contributed by atoms with E-state index in [4.69, 9.17) is 9.47 Å². The number of nitrogens with zero attached hydrogens (tertiary/aromatic N) is 1. The zero-order chi connectivity index (χ0) is 26.7. The number of Topliss-reactive ketones (excluding diaryl/α,β-unsaturated/α-hetero) is 1. The van der Waals surface area contributed by atoms with E-state index in [1.807, 2.05) is 0 Å². The van der Waals surface area contributed by atoms with Crippen LogP contribution in [0.2, 0.25) is 0 Å². The molecule has 5 heteroatoms. The third-order valence-corrected chi connectivity index (χ3v) is 8.03. The normalized spacial score (nSPS) is 15.0. The second-order valence-electron chi connectivity index (χ2n) is 11.0. The second-order valence-corrected chi connectivity index (χ2v) is 11.0. The van der Waals surface area contributed by atoms with Crippen LogP contribution in [0.25, 0.3) is 0 Å². The van der Waals surface area contributed by atoms with Gasteiger partial charge >= 0.3 is 0 Å². The molecule has 1 aliphatic heterocycles. The molecular weight excluding hydrogens is 462 g/mol. The SMILES string of the molecule is CCCCCCCCCCCCCC(CCCN1CCCCC1)C(=O)Cc1c(OC)cc(O)cc1OC. The first kappa shape index (κ1) is 31.5. The predicted molar refractivity (Wildman–Crippen MR) is 154 cm³/mol. The number of methoxy groups -OCH3 is 2. The Balaban J connectivity index is 1.84. The van der Waals surface area contributed by atoms with Crippen LogP contribution in [0.5, 0.6) is 17.2 Å². The number of unbranched alkanes of at least 4 members (excludes halogenated alkanes) is 10. The fraction of sp³-hybridized carbons (Fsp3) is 0.781. The summed E-state index contributed by atoms with van der Waals surface area (Å²) < 4.78 is 11.0. The lowest BCUT2D eigenvalue weighted by molar-refractivity contribution is -0.122. The lowest BCUT2D eigenvalue weighted by Gasteiger charge is -2.27. The van der Waals surface area contributed by atoms with Gasteiger partial charge in [0.2, 0.25) is 0 Å². The highest BCUT2D eigenvalue weighted by atomic mass is 16.5. The molecule has 1 unspecified atom stereocenters. The largest absolute Gasteiger partial charge is 0.508 e. The Kier molecular flexibility index (Phi) is 16.4. The predicted octanol–water partition coefficient (Wildman–Crippen LogP) is 8.10. The third-order valence-electron chi connectivity index (χ3n) is 8.03. The summed E-state index contributed by atoms with van der Waals surface area (Å²) in [5, 5.41) is 9.98. The van der Waals surface area contributed by atoms with Crippen LogP contribution in [-0.2, 0) is 11.2 Å². The molecule has 0 aliphatic carbocycles. The number of ether oxygens (including phenoxy) is 2. The monoisotopic (exact) mass is 517 g/mol. The minimum absolute atomic E-state index is 0.0755. The van der Waals surface area contributed by atoms with E-state index in [1.54, 1.807) is 26.4 Å². The minimum Gasteiger partial charge on any atom is -0.508 e. The number of benzene rings is 1. The number of phenols is 1. The topological polar surface area (TPSA) is 59.0 Å². The van der Waals surface area contributed by atoms with E-state index in [0.29, 0.717) is 17.9 Å². The van der Waals surface area contributed by atoms with Gasteiger partial charge in [-0.05, 0) is 51.7 Å². The summed E-state index contributed by atoms with van der Waals surface area (Å²) in [6.45, 7) is 5.79. The molecular formula is C32H55NO4. The lowest BCUT2D eigenvalue weighted by atomic mass is 9.88. The summed E-state index contributed by atoms with van der Waals surface area (Å²) in [5.74, 6) is 1.47. The van der Waals surface area contributed by atoms with Crippen LogP contribution in [0.3, 0.4) is 0 Å². The van der Waals surface area contributed by atoms with E-state index >= 15 is 0 Å². The Morgan fingerprint density at radius 1 is 0.811 bits per heavy atom. The summed E-state index contributed by atoms with van der Waals surface area (Å²) in [5.41, 5.74) is 0.743. The average Bonchev–Trinajstić information content (AvgIpc) is 2.91. The number of likely N-dealkylation sites (tertiary alicyclic amines) is 1. The molecule has 0 bridgehead atoms. The Labute approximate surface area is 227 Å². The number of hydrogen-bond donors (Lipinski definition) is 1. The van der Waals surface area contributed by atoms with Crippen LogP contribution >= 0.6 is 0 Å². The van der Waals surface area contributed by atoms with Crippen LogP contribution < -0.4 is 9.47 Å². The van der Waals surface area contributed by atoms with Gasteiger partial charge in [0.05, 0.1) is 14.2 Å². The van der Waals surface area contributed by atoms with E-state index in [2.05, 4.69) is 11.8 Å². The molecule has 1 saturated heterocycles. The van der Waals surface area contributed by atoms with Crippen molar-refractivity contribution in [2.75, 3.05) is 33.9 Å². The number of carbonyl (C=O) groups is 1. The van der Waals surface area contributed by atoms with Crippen molar-refractivity contribution < 1.29 is 19.4 Å². The van der Waals surface area contributed by atoms with Gasteiger partial charge in [-0.25, -0.2) is 0 Å². The summed E-state index contributed by atoms with van der Waals surface area (Å²) in [6.07, 6.45) is 21.8. The molecule has 5 nitrogen and oxygen atoms in total. The van der Waals surface area contributed by atoms with Gasteiger partial charge in [0.15, 0.2) is 0 Å². The van der Waals surface area contributed by atoms with Crippen molar-refractivity contribution in [3.8, 4) is 17.2 Å². The van der Waals surface area contributed by atoms with Crippen LogP contribution in [0.1, 0.15) is 122 Å². The second kappa shape index (κ2) is 19.3. The molecule has 2 rings (SSSR count). The smallest absolute Gasteiger partial charge is 0.140 e. The third kappa shape index (κ3) is 12.6. The van der Waals surface area contributed by atoms with Gasteiger partial charge in [0.25, 0.3) is 0 Å². The molecule has 1 N–H and O–H groups in total. The Bertz CT molecular complexity index is 719. The van der Waals surface area contributed by atoms with Crippen molar-refractivity contribution in [1.82, 2.24) is 4.90 Å². The highest BCUT2D eigenvalue weighted by Gasteiger charge is 2.23. The maximum atomic E-state index is 13.5. The molecule has 1 aromatic carbocycles. The summed E-state index contributed by atoms with van der Waals surface area (Å²) in [7, 11) is 3.15. The molecule has 0 amide bonds. The number of rotatable bonds is 21. The van der Waals surface area contributed by atoms with Crippen LogP contribution in [-0.4, -0.2) is 49.6 Å². The average molecular weight is 518 g/mol. The fourth-order valence-corrected chi connectivity index (χ4v) is 5.73. The van der Waals surface area contributed by atoms with Gasteiger partial charge in [-0.2, -0.15) is 0 Å². The van der Waals surface area contributed by atoms with Crippen molar-refractivity contribution in [3.63, 3.8) is 0 Å². The molecule has 212 valence electrons. The van der Waals surface area contributed by atoms with Gasteiger partial charge in [-0.3, -0.25) is 4.79 Å². The first-order chi connectivity index (χ1) is 18.1. The van der Waals surface area contributed by atoms with Crippen molar-refractivity contribution in [3.05, 3.63) is 17.7 Å². The molecule has 1 atom stereocenters. The van der Waals surface area contributed by atoms with Crippen LogP contribution in [0, 0.1) is 5.92 Å². The number of ketones is 1. The van der Waals surface area contributed by atoms with E-state index < -0.39 is 0 Å². The van der Waals surface area contributed by atoms with E-state index in [0.717, 1.165) is 37.8 Å². The highest BCUT2D eigenvalue weighted by molar-refractivity contribution is 5.84. The van der Waals surface area contributed by atoms with Crippen molar-refractivity contribution in [2.24, 2.45) is 5.92 Å². The molecule has 1 fully saturated rings. The number of aromatic hydroxyl groups is 1. The maximum Gasteiger partial charge on any atom is 0.140 e. The van der Waals surface area contributed by atoms with Gasteiger partial charge < -0.3 is 19.5 Å². The minimum atomic E-state index is 0.0755. The number of piperidine rings is 1. The van der Waals surface area contributed by atoms with Gasteiger partial charge in [-0.1, -0.05) is 84.0 Å². The van der Waals surface area contributed by atoms with Gasteiger partial charge in [-0.15, -0.1) is 0 Å². The van der Waals surface area contributed by atoms with Crippen molar-refractivity contribution >= 4 is 5.78 Å². The Morgan fingerprint density at radius 2 is 1.32 bits per heavy atom.